The van der Waals surface area contributed by atoms with Gasteiger partial charge in [0.1, 0.15) is 5.25 Å². The molecule has 1 amide bonds. The molecule has 0 aliphatic rings. The number of sulfone groups is 1. The van der Waals surface area contributed by atoms with Crippen LogP contribution < -0.4 is 11.1 Å². The number of carbonyl (C=O) groups is 1. The number of hydrogen-bond donors (Lipinski definition) is 2. The highest BCUT2D eigenvalue weighted by molar-refractivity contribution is 7.93. The van der Waals surface area contributed by atoms with Gasteiger partial charge < -0.3 is 15.8 Å². The predicted molar refractivity (Wildman–Crippen MR) is 74.8 cm³/mol. The van der Waals surface area contributed by atoms with Gasteiger partial charge in [0, 0.05) is 26.5 Å². The van der Waals surface area contributed by atoms with E-state index < -0.39 is 21.0 Å². The first-order chi connectivity index (χ1) is 9.41. The molecule has 7 nitrogen and oxygen atoms in total. The van der Waals surface area contributed by atoms with Crippen LogP contribution in [0.2, 0.25) is 0 Å². The molecule has 0 fully saturated rings. The largest absolute Gasteiger partial charge is 0.396 e. The monoisotopic (exact) mass is 301 g/mol. The summed E-state index contributed by atoms with van der Waals surface area (Å²) in [5.41, 5.74) is 5.63. The van der Waals surface area contributed by atoms with E-state index in [9.17, 15) is 13.2 Å². The molecule has 3 N–H and O–H groups in total. The van der Waals surface area contributed by atoms with Crippen molar-refractivity contribution < 1.29 is 17.9 Å². The van der Waals surface area contributed by atoms with E-state index in [1.54, 1.807) is 7.11 Å². The maximum atomic E-state index is 12.3. The van der Waals surface area contributed by atoms with Gasteiger partial charge >= 0.3 is 0 Å². The Morgan fingerprint density at radius 3 is 2.85 bits per heavy atom. The van der Waals surface area contributed by atoms with Gasteiger partial charge in [-0.15, -0.1) is 0 Å². The molecule has 0 bridgehead atoms. The van der Waals surface area contributed by atoms with Crippen molar-refractivity contribution in [3.05, 3.63) is 18.5 Å². The van der Waals surface area contributed by atoms with Gasteiger partial charge in [0.25, 0.3) is 0 Å². The molecule has 1 rings (SSSR count). The van der Waals surface area contributed by atoms with E-state index >= 15 is 0 Å². The summed E-state index contributed by atoms with van der Waals surface area (Å²) in [7, 11) is -2.26. The SMILES string of the molecule is COCCCNC(=O)C(C)S(=O)(=O)c1ccncc1N. The van der Waals surface area contributed by atoms with Gasteiger partial charge in [0.2, 0.25) is 5.91 Å². The number of rotatable bonds is 7. The van der Waals surface area contributed by atoms with E-state index in [-0.39, 0.29) is 10.6 Å². The van der Waals surface area contributed by atoms with Crippen LogP contribution in [0.3, 0.4) is 0 Å². The average molecular weight is 301 g/mol. The summed E-state index contributed by atoms with van der Waals surface area (Å²) < 4.78 is 29.4. The zero-order chi connectivity index (χ0) is 15.2. The van der Waals surface area contributed by atoms with Crippen molar-refractivity contribution in [3.8, 4) is 0 Å². The van der Waals surface area contributed by atoms with Gasteiger partial charge in [-0.25, -0.2) is 8.42 Å². The normalized spacial score (nSPS) is 12.9. The minimum atomic E-state index is -3.82. The molecule has 20 heavy (non-hydrogen) atoms. The number of nitrogen functional groups attached to an aromatic ring is 1. The second-order valence-corrected chi connectivity index (χ2v) is 6.48. The van der Waals surface area contributed by atoms with Crippen LogP contribution in [-0.2, 0) is 19.4 Å². The molecule has 0 aliphatic carbocycles. The Morgan fingerprint density at radius 1 is 1.55 bits per heavy atom. The summed E-state index contributed by atoms with van der Waals surface area (Å²) >= 11 is 0. The molecule has 0 saturated carbocycles. The van der Waals surface area contributed by atoms with Crippen molar-refractivity contribution in [2.24, 2.45) is 0 Å². The Bertz CT molecular complexity index is 560. The number of amides is 1. The van der Waals surface area contributed by atoms with Crippen LogP contribution in [0.4, 0.5) is 5.69 Å². The zero-order valence-electron chi connectivity index (χ0n) is 11.5. The van der Waals surface area contributed by atoms with Gasteiger partial charge in [-0.3, -0.25) is 9.78 Å². The number of nitrogens with two attached hydrogens (primary N) is 1. The van der Waals surface area contributed by atoms with E-state index in [1.165, 1.54) is 25.4 Å². The van der Waals surface area contributed by atoms with Crippen LogP contribution in [0.1, 0.15) is 13.3 Å². The second-order valence-electron chi connectivity index (χ2n) is 4.24. The highest BCUT2D eigenvalue weighted by Gasteiger charge is 2.30. The molecule has 0 aliphatic heterocycles. The van der Waals surface area contributed by atoms with E-state index in [0.717, 1.165) is 0 Å². The lowest BCUT2D eigenvalue weighted by Crippen LogP contribution is -2.38. The molecule has 0 radical (unpaired) electrons. The van der Waals surface area contributed by atoms with E-state index in [4.69, 9.17) is 10.5 Å². The van der Waals surface area contributed by atoms with E-state index in [1.807, 2.05) is 0 Å². The third-order valence-electron chi connectivity index (χ3n) is 2.78. The van der Waals surface area contributed by atoms with Crippen LogP contribution >= 0.6 is 0 Å². The number of nitrogens with zero attached hydrogens (tertiary/aromatic N) is 1. The highest BCUT2D eigenvalue weighted by atomic mass is 32.2. The lowest BCUT2D eigenvalue weighted by atomic mass is 10.4. The number of nitrogens with one attached hydrogen (secondary N) is 1. The van der Waals surface area contributed by atoms with Crippen LogP contribution in [0.25, 0.3) is 0 Å². The first-order valence-electron chi connectivity index (χ1n) is 6.11. The first-order valence-corrected chi connectivity index (χ1v) is 7.66. The molecule has 1 heterocycles. The Labute approximate surface area is 118 Å². The molecule has 1 unspecified atom stereocenters. The van der Waals surface area contributed by atoms with Crippen LogP contribution in [0, 0.1) is 0 Å². The quantitative estimate of drug-likeness (QED) is 0.685. The van der Waals surface area contributed by atoms with E-state index in [2.05, 4.69) is 10.3 Å². The molecule has 0 saturated heterocycles. The Kier molecular flexibility index (Phi) is 5.90. The average Bonchev–Trinajstić information content (AvgIpc) is 2.42. The maximum absolute atomic E-state index is 12.3. The lowest BCUT2D eigenvalue weighted by Gasteiger charge is -2.14. The van der Waals surface area contributed by atoms with Crippen molar-refractivity contribution in [1.82, 2.24) is 10.3 Å². The highest BCUT2D eigenvalue weighted by Crippen LogP contribution is 2.21. The standard InChI is InChI=1S/C12H19N3O4S/c1-9(12(16)15-5-3-7-19-2)20(17,18)11-4-6-14-8-10(11)13/h4,6,8-9H,3,5,7,13H2,1-2H3,(H,15,16). The van der Waals surface area contributed by atoms with Gasteiger partial charge in [-0.1, -0.05) is 0 Å². The van der Waals surface area contributed by atoms with Crippen molar-refractivity contribution in [2.45, 2.75) is 23.5 Å². The summed E-state index contributed by atoms with van der Waals surface area (Å²) in [6, 6.07) is 1.29. The summed E-state index contributed by atoms with van der Waals surface area (Å²) in [6.07, 6.45) is 3.19. The third kappa shape index (κ3) is 3.91. The number of anilines is 1. The topological polar surface area (TPSA) is 111 Å². The Hall–Kier alpha value is -1.67. The van der Waals surface area contributed by atoms with Crippen LogP contribution in [-0.4, -0.2) is 44.8 Å². The van der Waals surface area contributed by atoms with Crippen molar-refractivity contribution in [3.63, 3.8) is 0 Å². The Balaban J connectivity index is 2.77. The zero-order valence-corrected chi connectivity index (χ0v) is 12.3. The molecule has 1 aromatic heterocycles. The summed E-state index contributed by atoms with van der Waals surface area (Å²) in [5.74, 6) is -0.558. The van der Waals surface area contributed by atoms with E-state index in [0.29, 0.717) is 19.6 Å². The molecular weight excluding hydrogens is 282 g/mol. The van der Waals surface area contributed by atoms with Gasteiger partial charge in [-0.2, -0.15) is 0 Å². The van der Waals surface area contributed by atoms with Crippen molar-refractivity contribution in [2.75, 3.05) is 26.0 Å². The molecule has 0 spiro atoms. The van der Waals surface area contributed by atoms with Crippen LogP contribution in [0.5, 0.6) is 0 Å². The predicted octanol–water partition coefficient (Wildman–Crippen LogP) is -0.0213. The molecule has 0 aromatic carbocycles. The summed E-state index contributed by atoms with van der Waals surface area (Å²) in [5, 5.41) is 1.34. The number of ether oxygens (including phenoxy) is 1. The molecule has 1 aromatic rings. The maximum Gasteiger partial charge on any atom is 0.238 e. The second kappa shape index (κ2) is 7.20. The minimum absolute atomic E-state index is 0.0338. The number of methoxy groups -OCH3 is 1. The molecule has 112 valence electrons. The van der Waals surface area contributed by atoms with Gasteiger partial charge in [0.15, 0.2) is 9.84 Å². The number of aromatic nitrogens is 1. The van der Waals surface area contributed by atoms with Gasteiger partial charge in [-0.05, 0) is 19.4 Å². The Morgan fingerprint density at radius 2 is 2.25 bits per heavy atom. The number of carbonyl (C=O) groups excluding carboxylic acids is 1. The first kappa shape index (κ1) is 16.4. The van der Waals surface area contributed by atoms with Crippen LogP contribution in [0.15, 0.2) is 23.4 Å². The minimum Gasteiger partial charge on any atom is -0.396 e. The third-order valence-corrected chi connectivity index (χ3v) is 4.91. The lowest BCUT2D eigenvalue weighted by molar-refractivity contribution is -0.120. The summed E-state index contributed by atoms with van der Waals surface area (Å²) in [6.45, 7) is 2.19. The molecular formula is C12H19N3O4S. The smallest absolute Gasteiger partial charge is 0.238 e. The van der Waals surface area contributed by atoms with Crippen molar-refractivity contribution >= 4 is 21.4 Å². The van der Waals surface area contributed by atoms with Crippen molar-refractivity contribution in [1.29, 1.82) is 0 Å². The fourth-order valence-electron chi connectivity index (χ4n) is 1.56. The fourth-order valence-corrected chi connectivity index (χ4v) is 2.93. The molecule has 1 atom stereocenters. The molecule has 8 heteroatoms. The number of pyridine rings is 1. The van der Waals surface area contributed by atoms with Gasteiger partial charge in [0.05, 0.1) is 16.8 Å². The number of hydrogen-bond acceptors (Lipinski definition) is 6. The fraction of sp³-hybridized carbons (Fsp3) is 0.500. The summed E-state index contributed by atoms with van der Waals surface area (Å²) in [4.78, 5) is 15.5.